The van der Waals surface area contributed by atoms with E-state index in [0.717, 1.165) is 12.1 Å². The average molecular weight is 248 g/mol. The number of anilines is 2. The summed E-state index contributed by atoms with van der Waals surface area (Å²) in [4.78, 5) is 6.66. The van der Waals surface area contributed by atoms with Crippen molar-refractivity contribution in [3.8, 4) is 0 Å². The molecule has 0 saturated heterocycles. The predicted molar refractivity (Wildman–Crippen MR) is 80.9 cm³/mol. The van der Waals surface area contributed by atoms with Gasteiger partial charge in [0.2, 0.25) is 0 Å². The largest absolute Gasteiger partial charge is 0.342 e. The van der Waals surface area contributed by atoms with Crippen molar-refractivity contribution in [1.29, 1.82) is 0 Å². The highest BCUT2D eigenvalue weighted by Crippen LogP contribution is 2.27. The van der Waals surface area contributed by atoms with Crippen LogP contribution in [0.1, 0.15) is 6.92 Å². The zero-order valence-corrected chi connectivity index (χ0v) is 11.0. The summed E-state index contributed by atoms with van der Waals surface area (Å²) >= 11 is 0. The number of nitrogens with zero attached hydrogens (tertiary/aromatic N) is 2. The van der Waals surface area contributed by atoms with Gasteiger partial charge in [-0.25, -0.2) is 0 Å². The van der Waals surface area contributed by atoms with Gasteiger partial charge in [0.25, 0.3) is 0 Å². The van der Waals surface area contributed by atoms with Crippen molar-refractivity contribution in [2.75, 3.05) is 11.4 Å². The molecule has 0 radical (unpaired) electrons. The lowest BCUT2D eigenvalue weighted by atomic mass is 10.1. The molecule has 1 aromatic heterocycles. The molecule has 2 heteroatoms. The van der Waals surface area contributed by atoms with E-state index in [2.05, 4.69) is 65.3 Å². The molecule has 3 aromatic rings. The van der Waals surface area contributed by atoms with Gasteiger partial charge in [0.05, 0.1) is 5.52 Å². The van der Waals surface area contributed by atoms with Gasteiger partial charge in [-0.2, -0.15) is 0 Å². The zero-order valence-electron chi connectivity index (χ0n) is 11.0. The molecule has 0 atom stereocenters. The van der Waals surface area contributed by atoms with Crippen LogP contribution in [-0.4, -0.2) is 11.5 Å². The molecule has 0 amide bonds. The van der Waals surface area contributed by atoms with Gasteiger partial charge in [0, 0.05) is 29.5 Å². The SMILES string of the molecule is CCN(c1ccccc1)c1ccc2ncccc2c1. The van der Waals surface area contributed by atoms with Crippen molar-refractivity contribution in [3.63, 3.8) is 0 Å². The Kier molecular flexibility index (Phi) is 3.15. The maximum atomic E-state index is 4.36. The quantitative estimate of drug-likeness (QED) is 0.683. The van der Waals surface area contributed by atoms with E-state index in [9.17, 15) is 0 Å². The number of hydrogen-bond donors (Lipinski definition) is 0. The summed E-state index contributed by atoms with van der Waals surface area (Å²) in [5.41, 5.74) is 3.46. The minimum absolute atomic E-state index is 0.940. The molecule has 0 unspecified atom stereocenters. The van der Waals surface area contributed by atoms with E-state index in [-0.39, 0.29) is 0 Å². The highest BCUT2D eigenvalue weighted by Gasteiger charge is 2.07. The minimum Gasteiger partial charge on any atom is -0.342 e. The van der Waals surface area contributed by atoms with Gasteiger partial charge in [-0.1, -0.05) is 24.3 Å². The van der Waals surface area contributed by atoms with Crippen LogP contribution >= 0.6 is 0 Å². The van der Waals surface area contributed by atoms with E-state index in [4.69, 9.17) is 0 Å². The Bertz CT molecular complexity index is 677. The van der Waals surface area contributed by atoms with E-state index in [1.807, 2.05) is 18.3 Å². The van der Waals surface area contributed by atoms with Crippen molar-refractivity contribution < 1.29 is 0 Å². The highest BCUT2D eigenvalue weighted by atomic mass is 15.1. The van der Waals surface area contributed by atoms with Crippen molar-refractivity contribution in [3.05, 3.63) is 66.9 Å². The summed E-state index contributed by atoms with van der Waals surface area (Å²) in [6.07, 6.45) is 1.83. The maximum absolute atomic E-state index is 4.36. The number of fused-ring (bicyclic) bond motifs is 1. The molecule has 0 spiro atoms. The van der Waals surface area contributed by atoms with Gasteiger partial charge in [0.15, 0.2) is 0 Å². The first kappa shape index (κ1) is 11.7. The minimum atomic E-state index is 0.940. The summed E-state index contributed by atoms with van der Waals surface area (Å²) < 4.78 is 0. The number of hydrogen-bond acceptors (Lipinski definition) is 2. The third-order valence-corrected chi connectivity index (χ3v) is 3.28. The van der Waals surface area contributed by atoms with Gasteiger partial charge in [0.1, 0.15) is 0 Å². The smallest absolute Gasteiger partial charge is 0.0703 e. The standard InChI is InChI=1S/C17H16N2/c1-2-19(15-8-4-3-5-9-15)16-10-11-17-14(13-16)7-6-12-18-17/h3-13H,2H2,1H3. The lowest BCUT2D eigenvalue weighted by molar-refractivity contribution is 1.03. The van der Waals surface area contributed by atoms with Crippen molar-refractivity contribution >= 4 is 22.3 Å². The van der Waals surface area contributed by atoms with Crippen molar-refractivity contribution in [2.45, 2.75) is 6.92 Å². The summed E-state index contributed by atoms with van der Waals surface area (Å²) in [6.45, 7) is 3.11. The van der Waals surface area contributed by atoms with Crippen LogP contribution in [0.15, 0.2) is 66.9 Å². The van der Waals surface area contributed by atoms with Gasteiger partial charge in [-0.05, 0) is 43.3 Å². The van der Waals surface area contributed by atoms with Crippen molar-refractivity contribution in [1.82, 2.24) is 4.98 Å². The summed E-state index contributed by atoms with van der Waals surface area (Å²) in [5, 5.41) is 1.18. The van der Waals surface area contributed by atoms with Crippen molar-refractivity contribution in [2.24, 2.45) is 0 Å². The number of rotatable bonds is 3. The topological polar surface area (TPSA) is 16.1 Å². The van der Waals surface area contributed by atoms with E-state index in [1.54, 1.807) is 0 Å². The van der Waals surface area contributed by atoms with Crippen LogP contribution in [0.3, 0.4) is 0 Å². The van der Waals surface area contributed by atoms with Crippen LogP contribution in [0.25, 0.3) is 10.9 Å². The first-order valence-electron chi connectivity index (χ1n) is 6.56. The monoisotopic (exact) mass is 248 g/mol. The van der Waals surface area contributed by atoms with Crippen LogP contribution in [-0.2, 0) is 0 Å². The fourth-order valence-corrected chi connectivity index (χ4v) is 2.35. The molecule has 0 bridgehead atoms. The molecule has 2 aromatic carbocycles. The molecule has 0 aliphatic heterocycles. The molecule has 0 N–H and O–H groups in total. The lowest BCUT2D eigenvalue weighted by Gasteiger charge is -2.23. The first-order valence-corrected chi connectivity index (χ1v) is 6.56. The van der Waals surface area contributed by atoms with Gasteiger partial charge < -0.3 is 4.90 Å². The van der Waals surface area contributed by atoms with Gasteiger partial charge in [-0.3, -0.25) is 4.98 Å². The van der Waals surface area contributed by atoms with Crippen LogP contribution in [0.4, 0.5) is 11.4 Å². The first-order chi connectivity index (χ1) is 9.38. The molecule has 2 nitrogen and oxygen atoms in total. The molecular weight excluding hydrogens is 232 g/mol. The van der Waals surface area contributed by atoms with E-state index in [1.165, 1.54) is 16.8 Å². The van der Waals surface area contributed by atoms with E-state index < -0.39 is 0 Å². The fraction of sp³-hybridized carbons (Fsp3) is 0.118. The fourth-order valence-electron chi connectivity index (χ4n) is 2.35. The van der Waals surface area contributed by atoms with Crippen LogP contribution in [0.2, 0.25) is 0 Å². The second-order valence-corrected chi connectivity index (χ2v) is 4.46. The third kappa shape index (κ3) is 2.29. The van der Waals surface area contributed by atoms with Crippen LogP contribution in [0, 0.1) is 0 Å². The Morgan fingerprint density at radius 1 is 0.895 bits per heavy atom. The van der Waals surface area contributed by atoms with Crippen LogP contribution < -0.4 is 4.90 Å². The molecule has 0 fully saturated rings. The highest BCUT2D eigenvalue weighted by molar-refractivity contribution is 5.83. The molecule has 19 heavy (non-hydrogen) atoms. The van der Waals surface area contributed by atoms with Gasteiger partial charge >= 0.3 is 0 Å². The Morgan fingerprint density at radius 2 is 1.74 bits per heavy atom. The Labute approximate surface area is 113 Å². The number of aromatic nitrogens is 1. The normalized spacial score (nSPS) is 10.6. The molecule has 94 valence electrons. The molecule has 1 heterocycles. The molecule has 0 aliphatic rings. The Hall–Kier alpha value is -2.35. The molecule has 0 saturated carbocycles. The molecule has 3 rings (SSSR count). The number of benzene rings is 2. The number of para-hydroxylation sites is 1. The second kappa shape index (κ2) is 5.11. The maximum Gasteiger partial charge on any atom is 0.0703 e. The predicted octanol–water partition coefficient (Wildman–Crippen LogP) is 4.39. The third-order valence-electron chi connectivity index (χ3n) is 3.28. The van der Waals surface area contributed by atoms with E-state index in [0.29, 0.717) is 0 Å². The Morgan fingerprint density at radius 3 is 2.53 bits per heavy atom. The molecule has 0 aliphatic carbocycles. The van der Waals surface area contributed by atoms with E-state index >= 15 is 0 Å². The zero-order chi connectivity index (χ0) is 13.1. The lowest BCUT2D eigenvalue weighted by Crippen LogP contribution is -2.15. The average Bonchev–Trinajstić information content (AvgIpc) is 2.49. The Balaban J connectivity index is 2.06. The summed E-state index contributed by atoms with van der Waals surface area (Å²) in [7, 11) is 0. The second-order valence-electron chi connectivity index (χ2n) is 4.46. The number of pyridine rings is 1. The van der Waals surface area contributed by atoms with Crippen LogP contribution in [0.5, 0.6) is 0 Å². The summed E-state index contributed by atoms with van der Waals surface area (Å²) in [6, 6.07) is 20.9. The molecular formula is C17H16N2. The summed E-state index contributed by atoms with van der Waals surface area (Å²) in [5.74, 6) is 0. The van der Waals surface area contributed by atoms with Gasteiger partial charge in [-0.15, -0.1) is 0 Å².